The zero-order chi connectivity index (χ0) is 16.6. The summed E-state index contributed by atoms with van der Waals surface area (Å²) in [7, 11) is 0. The average molecular weight is 350 g/mol. The Hall–Kier alpha value is -2.57. The molecule has 1 aliphatic heterocycles. The first-order valence-electron chi connectivity index (χ1n) is 6.40. The maximum atomic E-state index is 12.0. The number of aromatic hydroxyl groups is 2. The molecule has 8 heteroatoms. The van der Waals surface area contributed by atoms with Gasteiger partial charge in [-0.2, -0.15) is 5.10 Å². The standard InChI is InChI=1S/C15H9Cl2N3O3/c16-8-4-9-12(10(17)5-8)19-15(23)13(9)20-18-6-7-2-1-3-11(21)14(7)22/h1-6,21-22H,(H,19,20,23)/b18-6+. The Bertz CT molecular complexity index is 879. The van der Waals surface area contributed by atoms with Crippen molar-refractivity contribution in [1.82, 2.24) is 0 Å². The number of benzene rings is 2. The second-order valence-electron chi connectivity index (χ2n) is 4.67. The van der Waals surface area contributed by atoms with Crippen LogP contribution in [-0.4, -0.2) is 28.0 Å². The molecule has 0 bridgehead atoms. The van der Waals surface area contributed by atoms with Gasteiger partial charge in [0.15, 0.2) is 17.2 Å². The molecule has 3 rings (SSSR count). The van der Waals surface area contributed by atoms with Crippen LogP contribution in [0, 0.1) is 0 Å². The van der Waals surface area contributed by atoms with Gasteiger partial charge in [-0.05, 0) is 24.3 Å². The van der Waals surface area contributed by atoms with Gasteiger partial charge in [0, 0.05) is 16.1 Å². The minimum atomic E-state index is -0.457. The smallest absolute Gasteiger partial charge is 0.276 e. The van der Waals surface area contributed by atoms with Gasteiger partial charge in [0.2, 0.25) is 0 Å². The van der Waals surface area contributed by atoms with Crippen molar-refractivity contribution in [3.05, 3.63) is 51.5 Å². The molecule has 0 spiro atoms. The number of carbonyl (C=O) groups is 1. The molecule has 6 nitrogen and oxygen atoms in total. The fourth-order valence-corrected chi connectivity index (χ4v) is 2.62. The van der Waals surface area contributed by atoms with Crippen LogP contribution >= 0.6 is 23.2 Å². The molecule has 0 aromatic heterocycles. The third kappa shape index (κ3) is 2.86. The topological polar surface area (TPSA) is 94.3 Å². The highest BCUT2D eigenvalue weighted by Gasteiger charge is 2.28. The highest BCUT2D eigenvalue weighted by molar-refractivity contribution is 6.56. The molecule has 0 unspecified atom stereocenters. The number of nitrogens with zero attached hydrogens (tertiary/aromatic N) is 2. The number of halogens is 2. The third-order valence-electron chi connectivity index (χ3n) is 3.16. The van der Waals surface area contributed by atoms with E-state index in [9.17, 15) is 15.0 Å². The number of phenolic OH excluding ortho intramolecular Hbond substituents is 2. The first-order chi connectivity index (χ1) is 11.0. The lowest BCUT2D eigenvalue weighted by atomic mass is 10.1. The third-order valence-corrected chi connectivity index (χ3v) is 3.68. The van der Waals surface area contributed by atoms with Gasteiger partial charge in [-0.1, -0.05) is 29.3 Å². The van der Waals surface area contributed by atoms with Gasteiger partial charge in [0.1, 0.15) is 0 Å². The maximum absolute atomic E-state index is 12.0. The molecule has 0 radical (unpaired) electrons. The SMILES string of the molecule is O=C1Nc2c(Cl)cc(Cl)cc2/C1=N/N=C/c1cccc(O)c1O. The molecule has 2 aromatic carbocycles. The summed E-state index contributed by atoms with van der Waals surface area (Å²) >= 11 is 12.0. The van der Waals surface area contributed by atoms with Crippen LogP contribution in [0.2, 0.25) is 10.0 Å². The van der Waals surface area contributed by atoms with Gasteiger partial charge in [-0.3, -0.25) is 4.79 Å². The Morgan fingerprint density at radius 1 is 1.17 bits per heavy atom. The molecule has 2 aromatic rings. The molecule has 1 heterocycles. The second kappa shape index (κ2) is 5.91. The predicted octanol–water partition coefficient (Wildman–Crippen LogP) is 3.18. The fourth-order valence-electron chi connectivity index (χ4n) is 2.08. The lowest BCUT2D eigenvalue weighted by Gasteiger charge is -2.01. The first-order valence-corrected chi connectivity index (χ1v) is 7.15. The monoisotopic (exact) mass is 349 g/mol. The summed E-state index contributed by atoms with van der Waals surface area (Å²) < 4.78 is 0. The van der Waals surface area contributed by atoms with Crippen molar-refractivity contribution in [3.8, 4) is 11.5 Å². The molecule has 0 saturated heterocycles. The number of hydrogen-bond acceptors (Lipinski definition) is 5. The Labute approximate surface area is 140 Å². The van der Waals surface area contributed by atoms with E-state index in [0.717, 1.165) is 0 Å². The van der Waals surface area contributed by atoms with Crippen molar-refractivity contribution in [1.29, 1.82) is 0 Å². The number of para-hydroxylation sites is 1. The quantitative estimate of drug-likeness (QED) is 0.441. The maximum Gasteiger partial charge on any atom is 0.276 e. The average Bonchev–Trinajstić information content (AvgIpc) is 2.80. The molecule has 0 saturated carbocycles. The summed E-state index contributed by atoms with van der Waals surface area (Å²) in [6, 6.07) is 7.49. The number of phenols is 2. The van der Waals surface area contributed by atoms with Crippen LogP contribution < -0.4 is 5.32 Å². The summed E-state index contributed by atoms with van der Waals surface area (Å²) in [6.07, 6.45) is 1.22. The van der Waals surface area contributed by atoms with E-state index in [1.165, 1.54) is 24.4 Å². The Balaban J connectivity index is 1.97. The lowest BCUT2D eigenvalue weighted by molar-refractivity contribution is -0.110. The first kappa shape index (κ1) is 15.3. The number of fused-ring (bicyclic) bond motifs is 1. The van der Waals surface area contributed by atoms with Crippen LogP contribution in [0.3, 0.4) is 0 Å². The molecule has 1 aliphatic rings. The highest BCUT2D eigenvalue weighted by atomic mass is 35.5. The van der Waals surface area contributed by atoms with Crippen molar-refractivity contribution < 1.29 is 15.0 Å². The van der Waals surface area contributed by atoms with Crippen molar-refractivity contribution in [2.24, 2.45) is 10.2 Å². The minimum absolute atomic E-state index is 0.0558. The van der Waals surface area contributed by atoms with Crippen molar-refractivity contribution in [2.75, 3.05) is 5.32 Å². The summed E-state index contributed by atoms with van der Waals surface area (Å²) in [4.78, 5) is 12.0. The molecule has 1 amide bonds. The van der Waals surface area contributed by atoms with E-state index in [1.807, 2.05) is 0 Å². The van der Waals surface area contributed by atoms with E-state index in [4.69, 9.17) is 23.2 Å². The van der Waals surface area contributed by atoms with Crippen LogP contribution in [0.25, 0.3) is 0 Å². The van der Waals surface area contributed by atoms with E-state index in [1.54, 1.807) is 12.1 Å². The van der Waals surface area contributed by atoms with Crippen molar-refractivity contribution in [2.45, 2.75) is 0 Å². The summed E-state index contributed by atoms with van der Waals surface area (Å²) in [5, 5.41) is 30.0. The van der Waals surface area contributed by atoms with Gasteiger partial charge in [-0.15, -0.1) is 5.10 Å². The molecule has 3 N–H and O–H groups in total. The molecule has 0 atom stereocenters. The fraction of sp³-hybridized carbons (Fsp3) is 0. The number of hydrogen-bond donors (Lipinski definition) is 3. The lowest BCUT2D eigenvalue weighted by Crippen LogP contribution is -2.13. The van der Waals surface area contributed by atoms with E-state index >= 15 is 0 Å². The van der Waals surface area contributed by atoms with Crippen LogP contribution in [-0.2, 0) is 4.79 Å². The van der Waals surface area contributed by atoms with Crippen LogP contribution in [0.15, 0.2) is 40.5 Å². The van der Waals surface area contributed by atoms with Gasteiger partial charge in [-0.25, -0.2) is 0 Å². The Morgan fingerprint density at radius 2 is 1.96 bits per heavy atom. The zero-order valence-corrected chi connectivity index (χ0v) is 12.9. The summed E-state index contributed by atoms with van der Waals surface area (Å²) in [5.74, 6) is -1.05. The van der Waals surface area contributed by atoms with Gasteiger partial charge < -0.3 is 15.5 Å². The number of anilines is 1. The van der Waals surface area contributed by atoms with Gasteiger partial charge in [0.05, 0.1) is 16.9 Å². The van der Waals surface area contributed by atoms with Gasteiger partial charge in [0.25, 0.3) is 5.91 Å². The number of carbonyl (C=O) groups excluding carboxylic acids is 1. The summed E-state index contributed by atoms with van der Waals surface area (Å²) in [6.45, 7) is 0. The van der Waals surface area contributed by atoms with Crippen LogP contribution in [0.5, 0.6) is 11.5 Å². The van der Waals surface area contributed by atoms with Crippen molar-refractivity contribution >= 4 is 46.7 Å². The molecule has 23 heavy (non-hydrogen) atoms. The molecular weight excluding hydrogens is 341 g/mol. The van der Waals surface area contributed by atoms with E-state index in [0.29, 0.717) is 21.3 Å². The van der Waals surface area contributed by atoms with Gasteiger partial charge >= 0.3 is 0 Å². The van der Waals surface area contributed by atoms with E-state index in [2.05, 4.69) is 15.5 Å². The minimum Gasteiger partial charge on any atom is -0.504 e. The molecule has 0 fully saturated rings. The molecular formula is C15H9Cl2N3O3. The predicted molar refractivity (Wildman–Crippen MR) is 89.0 cm³/mol. The van der Waals surface area contributed by atoms with Crippen LogP contribution in [0.4, 0.5) is 5.69 Å². The molecule has 0 aliphatic carbocycles. The number of nitrogens with one attached hydrogen (secondary N) is 1. The van der Waals surface area contributed by atoms with E-state index < -0.39 is 5.91 Å². The second-order valence-corrected chi connectivity index (χ2v) is 5.52. The van der Waals surface area contributed by atoms with Crippen molar-refractivity contribution in [3.63, 3.8) is 0 Å². The molecule has 116 valence electrons. The van der Waals surface area contributed by atoms with Crippen LogP contribution in [0.1, 0.15) is 11.1 Å². The largest absolute Gasteiger partial charge is 0.504 e. The number of rotatable bonds is 2. The number of amides is 1. The normalized spacial score (nSPS) is 15.2. The summed E-state index contributed by atoms with van der Waals surface area (Å²) in [5.41, 5.74) is 1.19. The zero-order valence-electron chi connectivity index (χ0n) is 11.4. The van der Waals surface area contributed by atoms with E-state index in [-0.39, 0.29) is 22.8 Å². The Kier molecular flexibility index (Phi) is 3.94. The highest BCUT2D eigenvalue weighted by Crippen LogP contribution is 2.34. The Morgan fingerprint density at radius 3 is 2.74 bits per heavy atom.